The average molecular weight is 238 g/mol. The van der Waals surface area contributed by atoms with Gasteiger partial charge in [-0.25, -0.2) is 0 Å². The third kappa shape index (κ3) is 2.62. The molecule has 1 aliphatic heterocycles. The number of benzene rings is 1. The molecule has 0 radical (unpaired) electrons. The van der Waals surface area contributed by atoms with Crippen LogP contribution in [0.5, 0.6) is 0 Å². The molecular formula is C12H12ClNO2. The maximum Gasteiger partial charge on any atom is 0.246 e. The minimum absolute atomic E-state index is 0.0692. The molecule has 4 heteroatoms. The van der Waals surface area contributed by atoms with E-state index in [-0.39, 0.29) is 12.0 Å². The van der Waals surface area contributed by atoms with E-state index in [2.05, 4.69) is 0 Å². The largest absolute Gasteiger partial charge is 0.389 e. The van der Waals surface area contributed by atoms with E-state index in [9.17, 15) is 4.79 Å². The van der Waals surface area contributed by atoms with Gasteiger partial charge in [0.1, 0.15) is 0 Å². The number of nitrogens with zero attached hydrogens (tertiary/aromatic N) is 1. The molecule has 0 aliphatic carbocycles. The number of likely N-dealkylation sites (tertiary alicyclic amines) is 1. The third-order valence-electron chi connectivity index (χ3n) is 2.46. The highest BCUT2D eigenvalue weighted by atomic mass is 35.5. The molecular weight excluding hydrogens is 226 g/mol. The van der Waals surface area contributed by atoms with E-state index in [4.69, 9.17) is 16.7 Å². The Labute approximate surface area is 98.9 Å². The Bertz CT molecular complexity index is 408. The lowest BCUT2D eigenvalue weighted by atomic mass is 10.1. The number of aliphatic hydroxyl groups excluding tert-OH is 1. The molecule has 1 aromatic carbocycles. The summed E-state index contributed by atoms with van der Waals surface area (Å²) in [4.78, 5) is 13.1. The Morgan fingerprint density at radius 2 is 2.00 bits per heavy atom. The van der Waals surface area contributed by atoms with Gasteiger partial charge < -0.3 is 10.0 Å². The molecule has 1 amide bonds. The fourth-order valence-corrected chi connectivity index (χ4v) is 1.61. The predicted molar refractivity (Wildman–Crippen MR) is 63.1 cm³/mol. The second-order valence-electron chi connectivity index (χ2n) is 3.78. The molecule has 1 heterocycles. The van der Waals surface area contributed by atoms with Gasteiger partial charge in [0, 0.05) is 24.2 Å². The average Bonchev–Trinajstić information content (AvgIpc) is 2.24. The van der Waals surface area contributed by atoms with Crippen LogP contribution < -0.4 is 0 Å². The molecule has 84 valence electrons. The van der Waals surface area contributed by atoms with Gasteiger partial charge in [0.15, 0.2) is 0 Å². The lowest BCUT2D eigenvalue weighted by molar-refractivity contribution is -0.135. The highest BCUT2D eigenvalue weighted by Gasteiger charge is 2.26. The maximum atomic E-state index is 11.5. The van der Waals surface area contributed by atoms with Crippen molar-refractivity contribution in [2.24, 2.45) is 0 Å². The molecule has 1 N–H and O–H groups in total. The number of carbonyl (C=O) groups is 1. The number of aliphatic hydroxyl groups is 1. The first-order valence-corrected chi connectivity index (χ1v) is 5.43. The van der Waals surface area contributed by atoms with Crippen molar-refractivity contribution in [1.29, 1.82) is 0 Å². The van der Waals surface area contributed by atoms with Crippen molar-refractivity contribution < 1.29 is 9.90 Å². The van der Waals surface area contributed by atoms with Crippen LogP contribution in [0, 0.1) is 0 Å². The summed E-state index contributed by atoms with van der Waals surface area (Å²) < 4.78 is 0. The quantitative estimate of drug-likeness (QED) is 0.793. The van der Waals surface area contributed by atoms with Crippen LogP contribution in [0.1, 0.15) is 5.56 Å². The van der Waals surface area contributed by atoms with Crippen LogP contribution in [0.15, 0.2) is 30.3 Å². The van der Waals surface area contributed by atoms with Gasteiger partial charge in [0.25, 0.3) is 0 Å². The normalized spacial score (nSPS) is 16.5. The van der Waals surface area contributed by atoms with Crippen LogP contribution in [-0.4, -0.2) is 35.1 Å². The SMILES string of the molecule is O=C(C=Cc1ccc(Cl)cc1)N1CC(O)C1. The molecule has 0 spiro atoms. The third-order valence-corrected chi connectivity index (χ3v) is 2.71. The first-order valence-electron chi connectivity index (χ1n) is 5.06. The summed E-state index contributed by atoms with van der Waals surface area (Å²) in [5.74, 6) is -0.0692. The summed E-state index contributed by atoms with van der Waals surface area (Å²) in [5, 5.41) is 9.73. The topological polar surface area (TPSA) is 40.5 Å². The van der Waals surface area contributed by atoms with Gasteiger partial charge in [-0.15, -0.1) is 0 Å². The van der Waals surface area contributed by atoms with E-state index < -0.39 is 0 Å². The van der Waals surface area contributed by atoms with Crippen molar-refractivity contribution in [2.75, 3.05) is 13.1 Å². The van der Waals surface area contributed by atoms with Crippen LogP contribution in [0.4, 0.5) is 0 Å². The summed E-state index contributed by atoms with van der Waals surface area (Å²) in [5.41, 5.74) is 0.929. The Morgan fingerprint density at radius 3 is 2.56 bits per heavy atom. The highest BCUT2D eigenvalue weighted by Crippen LogP contribution is 2.12. The first kappa shape index (κ1) is 11.2. The summed E-state index contributed by atoms with van der Waals surface area (Å²) in [7, 11) is 0. The molecule has 1 fully saturated rings. The Morgan fingerprint density at radius 1 is 1.38 bits per heavy atom. The number of rotatable bonds is 2. The lowest BCUT2D eigenvalue weighted by Crippen LogP contribution is -2.52. The molecule has 1 saturated heterocycles. The summed E-state index contributed by atoms with van der Waals surface area (Å²) in [6.45, 7) is 0.869. The molecule has 0 unspecified atom stereocenters. The van der Waals surface area contributed by atoms with Crippen molar-refractivity contribution in [3.63, 3.8) is 0 Å². The zero-order valence-corrected chi connectivity index (χ0v) is 9.39. The van der Waals surface area contributed by atoms with Gasteiger partial charge in [-0.3, -0.25) is 4.79 Å². The maximum absolute atomic E-state index is 11.5. The molecule has 0 atom stereocenters. The Kier molecular flexibility index (Phi) is 3.27. The van der Waals surface area contributed by atoms with Crippen LogP contribution in [0.25, 0.3) is 6.08 Å². The molecule has 3 nitrogen and oxygen atoms in total. The van der Waals surface area contributed by atoms with Crippen LogP contribution in [0.2, 0.25) is 5.02 Å². The molecule has 1 aromatic rings. The van der Waals surface area contributed by atoms with Crippen molar-refractivity contribution in [1.82, 2.24) is 4.90 Å². The summed E-state index contributed by atoms with van der Waals surface area (Å²) in [6.07, 6.45) is 2.89. The zero-order chi connectivity index (χ0) is 11.5. The summed E-state index contributed by atoms with van der Waals surface area (Å²) >= 11 is 5.75. The van der Waals surface area contributed by atoms with Gasteiger partial charge in [0.05, 0.1) is 6.10 Å². The van der Waals surface area contributed by atoms with Crippen LogP contribution >= 0.6 is 11.6 Å². The Hall–Kier alpha value is -1.32. The molecule has 1 aliphatic rings. The summed E-state index contributed by atoms with van der Waals surface area (Å²) in [6, 6.07) is 7.24. The van der Waals surface area contributed by atoms with Crippen molar-refractivity contribution in [2.45, 2.75) is 6.10 Å². The first-order chi connectivity index (χ1) is 7.65. The van der Waals surface area contributed by atoms with E-state index in [0.29, 0.717) is 18.1 Å². The van der Waals surface area contributed by atoms with Crippen molar-refractivity contribution in [3.05, 3.63) is 40.9 Å². The number of halogens is 1. The second-order valence-corrected chi connectivity index (χ2v) is 4.22. The van der Waals surface area contributed by atoms with Gasteiger partial charge in [-0.1, -0.05) is 23.7 Å². The number of amides is 1. The highest BCUT2D eigenvalue weighted by molar-refractivity contribution is 6.30. The van der Waals surface area contributed by atoms with Crippen LogP contribution in [0.3, 0.4) is 0 Å². The monoisotopic (exact) mass is 237 g/mol. The smallest absolute Gasteiger partial charge is 0.246 e. The standard InChI is InChI=1S/C12H12ClNO2/c13-10-4-1-9(2-5-10)3-6-12(16)14-7-11(15)8-14/h1-6,11,15H,7-8H2. The number of β-amino-alcohol motifs (C(OH)–C–C–N with tert-alkyl or cyclic N) is 1. The molecule has 0 aromatic heterocycles. The molecule has 2 rings (SSSR count). The zero-order valence-electron chi connectivity index (χ0n) is 8.64. The van der Waals surface area contributed by atoms with E-state index in [1.54, 1.807) is 23.1 Å². The van der Waals surface area contributed by atoms with Gasteiger partial charge in [-0.05, 0) is 23.8 Å². The van der Waals surface area contributed by atoms with E-state index >= 15 is 0 Å². The number of hydrogen-bond donors (Lipinski definition) is 1. The minimum Gasteiger partial charge on any atom is -0.389 e. The minimum atomic E-state index is -0.354. The van der Waals surface area contributed by atoms with Crippen LogP contribution in [-0.2, 0) is 4.79 Å². The fraction of sp³-hybridized carbons (Fsp3) is 0.250. The molecule has 16 heavy (non-hydrogen) atoms. The van der Waals surface area contributed by atoms with Gasteiger partial charge >= 0.3 is 0 Å². The van der Waals surface area contributed by atoms with E-state index in [0.717, 1.165) is 5.56 Å². The second kappa shape index (κ2) is 4.68. The van der Waals surface area contributed by atoms with Crippen molar-refractivity contribution >= 4 is 23.6 Å². The fourth-order valence-electron chi connectivity index (χ4n) is 1.48. The van der Waals surface area contributed by atoms with Crippen molar-refractivity contribution in [3.8, 4) is 0 Å². The molecule has 0 bridgehead atoms. The van der Waals surface area contributed by atoms with Gasteiger partial charge in [-0.2, -0.15) is 0 Å². The van der Waals surface area contributed by atoms with Gasteiger partial charge in [0.2, 0.25) is 5.91 Å². The Balaban J connectivity index is 1.93. The van der Waals surface area contributed by atoms with E-state index in [1.807, 2.05) is 12.1 Å². The predicted octanol–water partition coefficient (Wildman–Crippen LogP) is 1.56. The number of carbonyl (C=O) groups excluding carboxylic acids is 1. The molecule has 0 saturated carbocycles. The lowest BCUT2D eigenvalue weighted by Gasteiger charge is -2.34. The number of hydrogen-bond acceptors (Lipinski definition) is 2. The van der Waals surface area contributed by atoms with E-state index in [1.165, 1.54) is 6.08 Å².